The van der Waals surface area contributed by atoms with Crippen LogP contribution in [0, 0.1) is 11.3 Å². The second-order valence-corrected chi connectivity index (χ2v) is 6.82. The summed E-state index contributed by atoms with van der Waals surface area (Å²) in [5.41, 5.74) is 1.67. The van der Waals surface area contributed by atoms with Crippen molar-refractivity contribution in [1.29, 1.82) is 5.26 Å². The van der Waals surface area contributed by atoms with Crippen molar-refractivity contribution < 1.29 is 9.53 Å². The number of nitrogens with one attached hydrogen (secondary N) is 2. The molecule has 0 aliphatic heterocycles. The second-order valence-electron chi connectivity index (χ2n) is 5.45. The molecule has 2 N–H and O–H groups in total. The van der Waals surface area contributed by atoms with Gasteiger partial charge in [0.05, 0.1) is 7.11 Å². The van der Waals surface area contributed by atoms with Crippen molar-refractivity contribution in [3.8, 4) is 11.8 Å². The number of ether oxygens (including phenoxy) is 1. The number of nitriles is 1. The molecule has 6 nitrogen and oxygen atoms in total. The third-order valence-electron chi connectivity index (χ3n) is 3.76. The molecule has 0 unspecified atom stereocenters. The maximum atomic E-state index is 12.4. The van der Waals surface area contributed by atoms with E-state index in [9.17, 15) is 10.1 Å². The zero-order valence-electron chi connectivity index (χ0n) is 14.3. The molecule has 0 aliphatic rings. The van der Waals surface area contributed by atoms with E-state index in [-0.39, 0.29) is 17.3 Å². The summed E-state index contributed by atoms with van der Waals surface area (Å²) in [6, 6.07) is 16.2. The highest BCUT2D eigenvalue weighted by Gasteiger charge is 2.17. The standard InChI is InChI=1S/C19H15ClN4O2S/c1-26-14-8-6-12(7-9-14)18(25)22-17-15(10-21)19(24-23-17)27-11-13-4-2-3-5-16(13)20/h2-9H,11H2,1H3,(H2,22,23,24,25). The van der Waals surface area contributed by atoms with Crippen molar-refractivity contribution in [2.45, 2.75) is 10.8 Å². The van der Waals surface area contributed by atoms with Crippen molar-refractivity contribution >= 4 is 35.1 Å². The Labute approximate surface area is 165 Å². The van der Waals surface area contributed by atoms with Gasteiger partial charge >= 0.3 is 0 Å². The van der Waals surface area contributed by atoms with Crippen LogP contribution in [0.25, 0.3) is 0 Å². The summed E-state index contributed by atoms with van der Waals surface area (Å²) >= 11 is 7.53. The van der Waals surface area contributed by atoms with E-state index in [1.807, 2.05) is 24.3 Å². The van der Waals surface area contributed by atoms with Gasteiger partial charge in [-0.15, -0.1) is 0 Å². The number of carbonyl (C=O) groups is 1. The number of aromatic amines is 1. The number of hydrogen-bond acceptors (Lipinski definition) is 5. The second kappa shape index (κ2) is 8.62. The number of halogens is 1. The van der Waals surface area contributed by atoms with Gasteiger partial charge in [-0.25, -0.2) is 0 Å². The largest absolute Gasteiger partial charge is 0.497 e. The molecule has 0 spiro atoms. The molecule has 1 aromatic heterocycles. The highest BCUT2D eigenvalue weighted by atomic mass is 35.5. The van der Waals surface area contributed by atoms with Gasteiger partial charge in [0.25, 0.3) is 5.91 Å². The van der Waals surface area contributed by atoms with Crippen LogP contribution in [0.15, 0.2) is 53.6 Å². The fourth-order valence-corrected chi connectivity index (χ4v) is 3.54. The lowest BCUT2D eigenvalue weighted by Gasteiger charge is -2.05. The molecule has 2 aromatic carbocycles. The molecular weight excluding hydrogens is 384 g/mol. The van der Waals surface area contributed by atoms with Crippen LogP contribution < -0.4 is 10.1 Å². The lowest BCUT2D eigenvalue weighted by molar-refractivity contribution is 0.102. The van der Waals surface area contributed by atoms with Crippen LogP contribution in [0.5, 0.6) is 5.75 Å². The van der Waals surface area contributed by atoms with Crippen LogP contribution in [0.4, 0.5) is 5.82 Å². The van der Waals surface area contributed by atoms with E-state index in [1.165, 1.54) is 11.8 Å². The number of hydrogen-bond donors (Lipinski definition) is 2. The van der Waals surface area contributed by atoms with Gasteiger partial charge in [-0.2, -0.15) is 10.4 Å². The molecule has 27 heavy (non-hydrogen) atoms. The Morgan fingerprint density at radius 3 is 2.70 bits per heavy atom. The number of thioether (sulfide) groups is 1. The molecule has 0 saturated heterocycles. The normalized spacial score (nSPS) is 10.3. The van der Waals surface area contributed by atoms with Crippen molar-refractivity contribution in [1.82, 2.24) is 10.2 Å². The number of nitrogens with zero attached hydrogens (tertiary/aromatic N) is 2. The zero-order valence-corrected chi connectivity index (χ0v) is 15.9. The summed E-state index contributed by atoms with van der Waals surface area (Å²) in [5, 5.41) is 20.2. The van der Waals surface area contributed by atoms with Crippen molar-refractivity contribution in [2.24, 2.45) is 0 Å². The van der Waals surface area contributed by atoms with Crippen molar-refractivity contribution in [3.63, 3.8) is 0 Å². The molecule has 0 fully saturated rings. The van der Waals surface area contributed by atoms with Crippen LogP contribution in [0.1, 0.15) is 21.5 Å². The fourth-order valence-electron chi connectivity index (χ4n) is 2.31. The fraction of sp³-hybridized carbons (Fsp3) is 0.105. The van der Waals surface area contributed by atoms with Crippen molar-refractivity contribution in [3.05, 3.63) is 70.2 Å². The Hall–Kier alpha value is -2.95. The summed E-state index contributed by atoms with van der Waals surface area (Å²) in [6.45, 7) is 0. The number of anilines is 1. The lowest BCUT2D eigenvalue weighted by Crippen LogP contribution is -2.13. The van der Waals surface area contributed by atoms with E-state index in [0.717, 1.165) is 5.56 Å². The predicted octanol–water partition coefficient (Wildman–Crippen LogP) is 4.49. The van der Waals surface area contributed by atoms with E-state index in [0.29, 0.717) is 27.1 Å². The number of H-pyrrole nitrogens is 1. The number of methoxy groups -OCH3 is 1. The van der Waals surface area contributed by atoms with E-state index in [2.05, 4.69) is 21.6 Å². The van der Waals surface area contributed by atoms with Gasteiger partial charge in [0, 0.05) is 16.3 Å². The van der Waals surface area contributed by atoms with Crippen LogP contribution in [0.3, 0.4) is 0 Å². The molecule has 0 atom stereocenters. The third kappa shape index (κ3) is 4.42. The van der Waals surface area contributed by atoms with Gasteiger partial charge in [0.1, 0.15) is 28.2 Å². The van der Waals surface area contributed by atoms with Crippen LogP contribution in [-0.4, -0.2) is 23.2 Å². The first-order chi connectivity index (χ1) is 13.1. The van der Waals surface area contributed by atoms with Gasteiger partial charge in [-0.1, -0.05) is 41.6 Å². The molecular formula is C19H15ClN4O2S. The van der Waals surface area contributed by atoms with Gasteiger partial charge in [-0.05, 0) is 35.9 Å². The first-order valence-electron chi connectivity index (χ1n) is 7.92. The van der Waals surface area contributed by atoms with Gasteiger partial charge < -0.3 is 10.1 Å². The Morgan fingerprint density at radius 1 is 1.30 bits per heavy atom. The van der Waals surface area contributed by atoms with Crippen LogP contribution >= 0.6 is 23.4 Å². The molecule has 8 heteroatoms. The first kappa shape index (κ1) is 18.8. The smallest absolute Gasteiger partial charge is 0.256 e. The molecule has 0 bridgehead atoms. The molecule has 0 saturated carbocycles. The van der Waals surface area contributed by atoms with E-state index in [4.69, 9.17) is 16.3 Å². The maximum Gasteiger partial charge on any atom is 0.256 e. The van der Waals surface area contributed by atoms with E-state index < -0.39 is 0 Å². The molecule has 136 valence electrons. The summed E-state index contributed by atoms with van der Waals surface area (Å²) in [6.07, 6.45) is 0. The number of benzene rings is 2. The number of carbonyl (C=O) groups excluding carboxylic acids is 1. The predicted molar refractivity (Wildman–Crippen MR) is 105 cm³/mol. The Morgan fingerprint density at radius 2 is 2.04 bits per heavy atom. The molecule has 0 aliphatic carbocycles. The van der Waals surface area contributed by atoms with Gasteiger partial charge in [-0.3, -0.25) is 9.89 Å². The van der Waals surface area contributed by atoms with Crippen LogP contribution in [-0.2, 0) is 5.75 Å². The molecule has 3 aromatic rings. The minimum absolute atomic E-state index is 0.264. The van der Waals surface area contributed by atoms with Crippen molar-refractivity contribution in [2.75, 3.05) is 12.4 Å². The lowest BCUT2D eigenvalue weighted by atomic mass is 10.2. The average Bonchev–Trinajstić information content (AvgIpc) is 3.08. The number of rotatable bonds is 6. The number of aromatic nitrogens is 2. The van der Waals surface area contributed by atoms with Gasteiger partial charge in [0.15, 0.2) is 0 Å². The highest BCUT2D eigenvalue weighted by Crippen LogP contribution is 2.30. The summed E-state index contributed by atoms with van der Waals surface area (Å²) in [4.78, 5) is 12.4. The summed E-state index contributed by atoms with van der Waals surface area (Å²) in [5.74, 6) is 1.13. The molecule has 1 amide bonds. The van der Waals surface area contributed by atoms with Gasteiger partial charge in [0.2, 0.25) is 0 Å². The minimum Gasteiger partial charge on any atom is -0.497 e. The monoisotopic (exact) mass is 398 g/mol. The Balaban J connectivity index is 1.72. The van der Waals surface area contributed by atoms with E-state index >= 15 is 0 Å². The molecule has 0 radical (unpaired) electrons. The molecule has 1 heterocycles. The highest BCUT2D eigenvalue weighted by molar-refractivity contribution is 7.98. The maximum absolute atomic E-state index is 12.4. The topological polar surface area (TPSA) is 90.8 Å². The Bertz CT molecular complexity index is 996. The summed E-state index contributed by atoms with van der Waals surface area (Å²) < 4.78 is 5.08. The minimum atomic E-state index is -0.347. The summed E-state index contributed by atoms with van der Waals surface area (Å²) in [7, 11) is 1.56. The SMILES string of the molecule is COc1ccc(C(=O)Nc2[nH]nc(SCc3ccccc3Cl)c2C#N)cc1. The third-order valence-corrected chi connectivity index (χ3v) is 5.15. The average molecular weight is 399 g/mol. The van der Waals surface area contributed by atoms with E-state index in [1.54, 1.807) is 31.4 Å². The quantitative estimate of drug-likeness (QED) is 0.597. The number of amides is 1. The molecule has 3 rings (SSSR count). The Kier molecular flexibility index (Phi) is 6.01. The zero-order chi connectivity index (χ0) is 19.2. The first-order valence-corrected chi connectivity index (χ1v) is 9.28. The van der Waals surface area contributed by atoms with Crippen LogP contribution in [0.2, 0.25) is 5.02 Å².